The van der Waals surface area contributed by atoms with Crippen molar-refractivity contribution < 1.29 is 4.79 Å². The topological polar surface area (TPSA) is 36.4 Å². The maximum Gasteiger partial charge on any atom is 0.225 e. The monoisotopic (exact) mass is 293 g/mol. The van der Waals surface area contributed by atoms with Crippen molar-refractivity contribution in [2.75, 3.05) is 25.0 Å². The number of carbonyl (C=O) groups is 1. The van der Waals surface area contributed by atoms with Crippen LogP contribution in [0.15, 0.2) is 18.3 Å². The van der Waals surface area contributed by atoms with E-state index < -0.39 is 0 Å². The lowest BCUT2D eigenvalue weighted by Crippen LogP contribution is -2.49. The third-order valence-electron chi connectivity index (χ3n) is 4.25. The lowest BCUT2D eigenvalue weighted by atomic mass is 10.0. The summed E-state index contributed by atoms with van der Waals surface area (Å²) in [7, 11) is 1.95. The zero-order chi connectivity index (χ0) is 14.1. The number of hydrogen-bond donors (Lipinski definition) is 0. The Hall–Kier alpha value is -1.29. The van der Waals surface area contributed by atoms with Crippen molar-refractivity contribution in [1.82, 2.24) is 9.88 Å². The van der Waals surface area contributed by atoms with E-state index in [-0.39, 0.29) is 0 Å². The fourth-order valence-electron chi connectivity index (χ4n) is 2.83. The Labute approximate surface area is 124 Å². The van der Waals surface area contributed by atoms with Crippen molar-refractivity contribution in [2.45, 2.75) is 31.7 Å². The van der Waals surface area contributed by atoms with E-state index in [2.05, 4.69) is 9.88 Å². The minimum Gasteiger partial charge on any atom is -0.355 e. The maximum atomic E-state index is 12.2. The van der Waals surface area contributed by atoms with Crippen molar-refractivity contribution >= 4 is 23.3 Å². The molecule has 1 unspecified atom stereocenters. The number of carbonyl (C=O) groups excluding carboxylic acids is 1. The molecule has 0 spiro atoms. The molecule has 2 aliphatic rings. The molecule has 1 saturated heterocycles. The summed E-state index contributed by atoms with van der Waals surface area (Å²) >= 11 is 5.88. The number of piperidine rings is 1. The van der Waals surface area contributed by atoms with Crippen LogP contribution < -0.4 is 4.90 Å². The van der Waals surface area contributed by atoms with Gasteiger partial charge in [0.05, 0.1) is 5.02 Å². The fraction of sp³-hybridized carbons (Fsp3) is 0.600. The van der Waals surface area contributed by atoms with Crippen LogP contribution in [0.25, 0.3) is 0 Å². The Balaban J connectivity index is 1.66. The number of hydrogen-bond acceptors (Lipinski definition) is 3. The van der Waals surface area contributed by atoms with Crippen molar-refractivity contribution in [1.29, 1.82) is 0 Å². The zero-order valence-corrected chi connectivity index (χ0v) is 12.5. The van der Waals surface area contributed by atoms with E-state index in [0.29, 0.717) is 22.9 Å². The number of anilines is 1. The summed E-state index contributed by atoms with van der Waals surface area (Å²) in [6, 6.07) is 4.12. The van der Waals surface area contributed by atoms with Gasteiger partial charge in [-0.05, 0) is 37.8 Å². The second-order valence-corrected chi connectivity index (χ2v) is 6.24. The second-order valence-electron chi connectivity index (χ2n) is 5.80. The Morgan fingerprint density at radius 1 is 1.40 bits per heavy atom. The van der Waals surface area contributed by atoms with Crippen LogP contribution in [-0.4, -0.2) is 42.0 Å². The van der Waals surface area contributed by atoms with Crippen LogP contribution in [0, 0.1) is 5.92 Å². The number of pyridine rings is 1. The standard InChI is InChI=1S/C15H20ClN3O/c1-18(15(20)11-4-5-11)13-3-2-8-19(10-13)14-7-6-12(16)9-17-14/h6-7,9,11,13H,2-5,8,10H2,1H3. The molecule has 1 atom stereocenters. The summed E-state index contributed by atoms with van der Waals surface area (Å²) in [5.41, 5.74) is 0. The van der Waals surface area contributed by atoms with Crippen LogP contribution in [0.2, 0.25) is 5.02 Å². The fourth-order valence-corrected chi connectivity index (χ4v) is 2.94. The van der Waals surface area contributed by atoms with Gasteiger partial charge in [0.15, 0.2) is 0 Å². The Bertz CT molecular complexity index is 486. The predicted molar refractivity (Wildman–Crippen MR) is 80.0 cm³/mol. The number of nitrogens with zero attached hydrogens (tertiary/aromatic N) is 3. The SMILES string of the molecule is CN(C(=O)C1CC1)C1CCCN(c2ccc(Cl)cn2)C1. The molecule has 1 aromatic heterocycles. The highest BCUT2D eigenvalue weighted by Gasteiger charge is 2.35. The summed E-state index contributed by atoms with van der Waals surface area (Å²) in [6.45, 7) is 1.86. The average Bonchev–Trinajstić information content (AvgIpc) is 3.31. The largest absolute Gasteiger partial charge is 0.355 e. The van der Waals surface area contributed by atoms with Gasteiger partial charge in [-0.15, -0.1) is 0 Å². The first-order chi connectivity index (χ1) is 9.65. The summed E-state index contributed by atoms with van der Waals surface area (Å²) in [6.07, 6.45) is 5.99. The second kappa shape index (κ2) is 5.60. The van der Waals surface area contributed by atoms with E-state index in [1.165, 1.54) is 0 Å². The molecule has 0 radical (unpaired) electrons. The van der Waals surface area contributed by atoms with Gasteiger partial charge >= 0.3 is 0 Å². The first-order valence-electron chi connectivity index (χ1n) is 7.28. The number of aromatic nitrogens is 1. The van der Waals surface area contributed by atoms with Crippen LogP contribution in [0.4, 0.5) is 5.82 Å². The first kappa shape index (κ1) is 13.7. The highest BCUT2D eigenvalue weighted by molar-refractivity contribution is 6.30. The van der Waals surface area contributed by atoms with E-state index in [1.54, 1.807) is 6.20 Å². The Kier molecular flexibility index (Phi) is 3.83. The third kappa shape index (κ3) is 2.90. The van der Waals surface area contributed by atoms with Crippen LogP contribution in [0.1, 0.15) is 25.7 Å². The minimum absolute atomic E-state index is 0.295. The molecule has 0 aromatic carbocycles. The highest BCUT2D eigenvalue weighted by atomic mass is 35.5. The highest BCUT2D eigenvalue weighted by Crippen LogP contribution is 2.32. The van der Waals surface area contributed by atoms with Crippen molar-refractivity contribution in [3.05, 3.63) is 23.4 Å². The van der Waals surface area contributed by atoms with Gasteiger partial charge in [0.25, 0.3) is 0 Å². The molecule has 1 amide bonds. The quantitative estimate of drug-likeness (QED) is 0.859. The molecule has 20 heavy (non-hydrogen) atoms. The molecule has 0 N–H and O–H groups in total. The number of halogens is 1. The van der Waals surface area contributed by atoms with Crippen molar-refractivity contribution in [3.63, 3.8) is 0 Å². The molecule has 1 aliphatic heterocycles. The molecular formula is C15H20ClN3O. The predicted octanol–water partition coefficient (Wildman–Crippen LogP) is 2.57. The first-order valence-corrected chi connectivity index (χ1v) is 7.66. The summed E-state index contributed by atoms with van der Waals surface area (Å²) in [4.78, 5) is 20.8. The summed E-state index contributed by atoms with van der Waals surface area (Å²) in [5.74, 6) is 1.57. The zero-order valence-electron chi connectivity index (χ0n) is 11.8. The normalized spacial score (nSPS) is 22.7. The molecule has 2 fully saturated rings. The van der Waals surface area contributed by atoms with Gasteiger partial charge in [-0.2, -0.15) is 0 Å². The van der Waals surface area contributed by atoms with E-state index >= 15 is 0 Å². The molecule has 5 heteroatoms. The minimum atomic E-state index is 0.295. The molecular weight excluding hydrogens is 274 g/mol. The molecule has 1 saturated carbocycles. The van der Waals surface area contributed by atoms with E-state index in [4.69, 9.17) is 11.6 Å². The van der Waals surface area contributed by atoms with Crippen LogP contribution in [0.3, 0.4) is 0 Å². The van der Waals surface area contributed by atoms with Gasteiger partial charge in [0.2, 0.25) is 5.91 Å². The van der Waals surface area contributed by atoms with Gasteiger partial charge in [-0.1, -0.05) is 11.6 Å². The molecule has 4 nitrogen and oxygen atoms in total. The number of amides is 1. The van der Waals surface area contributed by atoms with Crippen molar-refractivity contribution in [3.8, 4) is 0 Å². The van der Waals surface area contributed by atoms with Crippen LogP contribution >= 0.6 is 11.6 Å². The van der Waals surface area contributed by atoms with Gasteiger partial charge in [-0.3, -0.25) is 4.79 Å². The Morgan fingerprint density at radius 2 is 2.20 bits per heavy atom. The third-order valence-corrected chi connectivity index (χ3v) is 4.48. The van der Waals surface area contributed by atoms with Gasteiger partial charge in [0, 0.05) is 38.3 Å². The molecule has 2 heterocycles. The Morgan fingerprint density at radius 3 is 2.85 bits per heavy atom. The molecule has 108 valence electrons. The van der Waals surface area contributed by atoms with Crippen LogP contribution in [-0.2, 0) is 4.79 Å². The van der Waals surface area contributed by atoms with Crippen molar-refractivity contribution in [2.24, 2.45) is 5.92 Å². The average molecular weight is 294 g/mol. The molecule has 0 bridgehead atoms. The maximum absolute atomic E-state index is 12.2. The lowest BCUT2D eigenvalue weighted by molar-refractivity contribution is -0.133. The number of likely N-dealkylation sites (N-methyl/N-ethyl adjacent to an activating group) is 1. The van der Waals surface area contributed by atoms with Gasteiger partial charge in [-0.25, -0.2) is 4.98 Å². The van der Waals surface area contributed by atoms with E-state index in [9.17, 15) is 4.79 Å². The van der Waals surface area contributed by atoms with E-state index in [1.807, 2.05) is 24.1 Å². The van der Waals surface area contributed by atoms with Gasteiger partial charge in [0.1, 0.15) is 5.82 Å². The summed E-state index contributed by atoms with van der Waals surface area (Å²) < 4.78 is 0. The smallest absolute Gasteiger partial charge is 0.225 e. The molecule has 1 aromatic rings. The van der Waals surface area contributed by atoms with Gasteiger partial charge < -0.3 is 9.80 Å². The van der Waals surface area contributed by atoms with Crippen LogP contribution in [0.5, 0.6) is 0 Å². The lowest BCUT2D eigenvalue weighted by Gasteiger charge is -2.38. The summed E-state index contributed by atoms with van der Waals surface area (Å²) in [5, 5.41) is 0.656. The number of rotatable bonds is 3. The molecule has 1 aliphatic carbocycles. The van der Waals surface area contributed by atoms with E-state index in [0.717, 1.165) is 44.6 Å². The molecule has 3 rings (SSSR count).